The smallest absolute Gasteiger partial charge is 0.229 e. The summed E-state index contributed by atoms with van der Waals surface area (Å²) in [5, 5.41) is 5.78. The van der Waals surface area contributed by atoms with Crippen molar-refractivity contribution in [1.29, 1.82) is 0 Å². The molecule has 0 fully saturated rings. The number of nitrogens with one attached hydrogen (secondary N) is 3. The van der Waals surface area contributed by atoms with Crippen molar-refractivity contribution in [1.82, 2.24) is 9.97 Å². The molecular weight excluding hydrogens is 428 g/mol. The molecule has 0 aliphatic heterocycles. The first kappa shape index (κ1) is 22.2. The van der Waals surface area contributed by atoms with Crippen molar-refractivity contribution in [2.75, 3.05) is 42.9 Å². The van der Waals surface area contributed by atoms with Gasteiger partial charge in [-0.25, -0.2) is 13.8 Å². The predicted octanol–water partition coefficient (Wildman–Crippen LogP) is 4.96. The Hall–Kier alpha value is -3.47. The molecule has 3 rings (SSSR count). The largest absolute Gasteiger partial charge is 0.493 e. The normalized spacial score (nSPS) is 10.4. The Labute approximate surface area is 182 Å². The van der Waals surface area contributed by atoms with Gasteiger partial charge in [0.05, 0.1) is 33.2 Å². The third-order valence-corrected chi connectivity index (χ3v) is 4.54. The molecule has 0 saturated carbocycles. The molecule has 0 bridgehead atoms. The molecule has 3 N–H and O–H groups in total. The molecule has 0 aliphatic rings. The Morgan fingerprint density at radius 1 is 0.935 bits per heavy atom. The minimum Gasteiger partial charge on any atom is -0.493 e. The first-order valence-corrected chi connectivity index (χ1v) is 10.2. The number of ether oxygens (including phenoxy) is 3. The second-order valence-electron chi connectivity index (χ2n) is 6.02. The molecule has 31 heavy (non-hydrogen) atoms. The highest BCUT2D eigenvalue weighted by Gasteiger charge is 2.16. The number of aromatic nitrogens is 2. The van der Waals surface area contributed by atoms with E-state index in [4.69, 9.17) is 14.2 Å². The number of halogens is 2. The number of methoxy groups -OCH3 is 3. The van der Waals surface area contributed by atoms with Crippen LogP contribution < -0.4 is 29.6 Å². The molecule has 0 aliphatic carbocycles. The van der Waals surface area contributed by atoms with Gasteiger partial charge in [0.15, 0.2) is 23.1 Å². The van der Waals surface area contributed by atoms with Crippen LogP contribution >= 0.6 is 11.9 Å². The lowest BCUT2D eigenvalue weighted by Gasteiger charge is -2.15. The van der Waals surface area contributed by atoms with Crippen molar-refractivity contribution >= 4 is 40.8 Å². The first-order valence-electron chi connectivity index (χ1n) is 8.94. The summed E-state index contributed by atoms with van der Waals surface area (Å²) in [6.45, 7) is 0. The zero-order chi connectivity index (χ0) is 22.4. The monoisotopic (exact) mass is 449 g/mol. The maximum Gasteiger partial charge on any atom is 0.229 e. The van der Waals surface area contributed by atoms with Crippen LogP contribution in [0.1, 0.15) is 0 Å². The van der Waals surface area contributed by atoms with Crippen LogP contribution in [0.25, 0.3) is 0 Å². The van der Waals surface area contributed by atoms with E-state index in [1.54, 1.807) is 24.5 Å². The van der Waals surface area contributed by atoms with Crippen LogP contribution in [0.4, 0.5) is 37.6 Å². The van der Waals surface area contributed by atoms with Gasteiger partial charge in [0, 0.05) is 24.1 Å². The fourth-order valence-corrected chi connectivity index (χ4v) is 3.17. The Morgan fingerprint density at radius 2 is 1.65 bits per heavy atom. The summed E-state index contributed by atoms with van der Waals surface area (Å²) in [5.41, 5.74) is 1.04. The average Bonchev–Trinajstić information content (AvgIpc) is 2.77. The highest BCUT2D eigenvalue weighted by atomic mass is 32.2. The van der Waals surface area contributed by atoms with Crippen molar-refractivity contribution in [3.8, 4) is 17.2 Å². The Morgan fingerprint density at radius 3 is 2.26 bits per heavy atom. The average molecular weight is 449 g/mol. The predicted molar refractivity (Wildman–Crippen MR) is 118 cm³/mol. The second-order valence-corrected chi connectivity index (χ2v) is 6.64. The highest BCUT2D eigenvalue weighted by Crippen LogP contribution is 2.40. The third-order valence-electron chi connectivity index (χ3n) is 4.14. The molecular formula is C20H21F2N5O3S. The van der Waals surface area contributed by atoms with Crippen molar-refractivity contribution in [2.45, 2.75) is 0 Å². The van der Waals surface area contributed by atoms with Crippen molar-refractivity contribution < 1.29 is 23.0 Å². The summed E-state index contributed by atoms with van der Waals surface area (Å²) in [5.74, 6) is 0.0839. The van der Waals surface area contributed by atoms with Crippen molar-refractivity contribution in [2.24, 2.45) is 0 Å². The molecule has 0 unspecified atom stereocenters. The fourth-order valence-electron chi connectivity index (χ4n) is 2.76. The zero-order valence-corrected chi connectivity index (χ0v) is 18.1. The van der Waals surface area contributed by atoms with Crippen LogP contribution in [-0.2, 0) is 0 Å². The number of nitrogens with zero attached hydrogens (tertiary/aromatic N) is 2. The number of hydrogen-bond acceptors (Lipinski definition) is 9. The molecule has 0 radical (unpaired) electrons. The molecule has 0 atom stereocenters. The zero-order valence-electron chi connectivity index (χ0n) is 17.2. The molecule has 0 amide bonds. The van der Waals surface area contributed by atoms with Crippen LogP contribution in [0, 0.1) is 11.6 Å². The summed E-state index contributed by atoms with van der Waals surface area (Å²) in [6.07, 6.45) is 2.76. The van der Waals surface area contributed by atoms with Gasteiger partial charge in [0.1, 0.15) is 11.5 Å². The van der Waals surface area contributed by atoms with Crippen LogP contribution in [0.2, 0.25) is 0 Å². The topological polar surface area (TPSA) is 89.6 Å². The lowest BCUT2D eigenvalue weighted by Crippen LogP contribution is -2.05. The van der Waals surface area contributed by atoms with E-state index in [-0.39, 0.29) is 17.5 Å². The fraction of sp³-hybridized carbons (Fsp3) is 0.200. The van der Waals surface area contributed by atoms with E-state index >= 15 is 0 Å². The number of benzene rings is 2. The van der Waals surface area contributed by atoms with Gasteiger partial charge in [-0.2, -0.15) is 4.98 Å². The summed E-state index contributed by atoms with van der Waals surface area (Å²) >= 11 is 1.21. The van der Waals surface area contributed by atoms with Gasteiger partial charge in [0.25, 0.3) is 0 Å². The molecule has 8 nitrogen and oxygen atoms in total. The quantitative estimate of drug-likeness (QED) is 0.392. The van der Waals surface area contributed by atoms with Gasteiger partial charge in [-0.3, -0.25) is 0 Å². The third kappa shape index (κ3) is 5.00. The molecule has 1 aromatic heterocycles. The van der Waals surface area contributed by atoms with Gasteiger partial charge in [-0.15, -0.1) is 0 Å². The molecule has 164 valence electrons. The standard InChI is InChI=1S/C20H21F2N5O3S/c1-28-15-8-11(9-16(29-2)18(15)30-3)24-20-23-10-13(22)19(26-20)25-14-7-5-6-12(21)17(14)27-31-4/h5-10,27H,1-4H3,(H2,23,24,25,26). The van der Waals surface area contributed by atoms with Crippen molar-refractivity contribution in [3.05, 3.63) is 48.2 Å². The van der Waals surface area contributed by atoms with Gasteiger partial charge in [-0.05, 0) is 12.1 Å². The summed E-state index contributed by atoms with van der Waals surface area (Å²) < 4.78 is 47.3. The van der Waals surface area contributed by atoms with Gasteiger partial charge >= 0.3 is 0 Å². The second kappa shape index (κ2) is 10.0. The number of rotatable bonds is 9. The molecule has 3 aromatic rings. The molecule has 1 heterocycles. The molecule has 11 heteroatoms. The lowest BCUT2D eigenvalue weighted by molar-refractivity contribution is 0.324. The molecule has 2 aromatic carbocycles. The van der Waals surface area contributed by atoms with E-state index in [9.17, 15) is 8.78 Å². The molecule has 0 saturated heterocycles. The maximum absolute atomic E-state index is 14.4. The van der Waals surface area contributed by atoms with Crippen LogP contribution in [-0.4, -0.2) is 37.6 Å². The Balaban J connectivity index is 1.92. The summed E-state index contributed by atoms with van der Waals surface area (Å²) in [4.78, 5) is 8.13. The van der Waals surface area contributed by atoms with Crippen LogP contribution in [0.5, 0.6) is 17.2 Å². The van der Waals surface area contributed by atoms with E-state index in [1.165, 1.54) is 45.4 Å². The Bertz CT molecular complexity index is 1050. The van der Waals surface area contributed by atoms with Gasteiger partial charge in [0.2, 0.25) is 11.7 Å². The van der Waals surface area contributed by atoms with Crippen LogP contribution in [0.15, 0.2) is 36.5 Å². The molecule has 0 spiro atoms. The summed E-state index contributed by atoms with van der Waals surface area (Å²) in [7, 11) is 4.49. The maximum atomic E-state index is 14.4. The first-order chi connectivity index (χ1) is 15.0. The van der Waals surface area contributed by atoms with E-state index in [1.807, 2.05) is 0 Å². The minimum atomic E-state index is -0.699. The Kier molecular flexibility index (Phi) is 7.19. The van der Waals surface area contributed by atoms with Crippen molar-refractivity contribution in [3.63, 3.8) is 0 Å². The van der Waals surface area contributed by atoms with Gasteiger partial charge in [-0.1, -0.05) is 18.0 Å². The summed E-state index contributed by atoms with van der Waals surface area (Å²) in [6, 6.07) is 7.74. The van der Waals surface area contributed by atoms with Gasteiger partial charge < -0.3 is 29.6 Å². The minimum absolute atomic E-state index is 0.106. The van der Waals surface area contributed by atoms with Crippen LogP contribution in [0.3, 0.4) is 0 Å². The number of anilines is 5. The van der Waals surface area contributed by atoms with E-state index in [2.05, 4.69) is 25.3 Å². The number of para-hydroxylation sites is 1. The van der Waals surface area contributed by atoms with E-state index in [0.717, 1.165) is 6.20 Å². The van der Waals surface area contributed by atoms with E-state index < -0.39 is 11.6 Å². The number of hydrogen-bond donors (Lipinski definition) is 3. The highest BCUT2D eigenvalue weighted by molar-refractivity contribution is 7.99. The SMILES string of the molecule is COc1cc(Nc2ncc(F)c(Nc3cccc(F)c3NSC)n2)cc(OC)c1OC. The van der Waals surface area contributed by atoms with E-state index in [0.29, 0.717) is 28.6 Å². The lowest BCUT2D eigenvalue weighted by atomic mass is 10.2.